The molecule has 2 rings (SSSR count). The first kappa shape index (κ1) is 16.7. The largest absolute Gasteiger partial charge is 0.484 e. The van der Waals surface area contributed by atoms with Crippen LogP contribution >= 0.6 is 23.4 Å². The molecule has 5 heteroatoms. The van der Waals surface area contributed by atoms with Crippen LogP contribution in [0.1, 0.15) is 5.56 Å². The molecule has 0 bridgehead atoms. The van der Waals surface area contributed by atoms with Gasteiger partial charge in [-0.1, -0.05) is 29.3 Å². The molecule has 0 aromatic heterocycles. The van der Waals surface area contributed by atoms with E-state index in [1.54, 1.807) is 36.0 Å². The Balaban J connectivity index is 1.61. The molecule has 0 fully saturated rings. The van der Waals surface area contributed by atoms with E-state index in [1.165, 1.54) is 10.5 Å². The highest BCUT2D eigenvalue weighted by Gasteiger charge is 2.02. The number of ether oxygens (including phenoxy) is 1. The molecule has 0 aliphatic carbocycles. The zero-order chi connectivity index (χ0) is 15.8. The first-order valence-electron chi connectivity index (χ1n) is 6.98. The van der Waals surface area contributed by atoms with Crippen molar-refractivity contribution >= 4 is 29.3 Å². The number of halogens is 1. The van der Waals surface area contributed by atoms with Crippen molar-refractivity contribution in [2.45, 2.75) is 11.8 Å². The second-order valence-corrected chi connectivity index (χ2v) is 6.36. The molecule has 0 heterocycles. The summed E-state index contributed by atoms with van der Waals surface area (Å²) in [6.07, 6.45) is 0. The van der Waals surface area contributed by atoms with Gasteiger partial charge in [0, 0.05) is 22.2 Å². The molecule has 2 aromatic carbocycles. The summed E-state index contributed by atoms with van der Waals surface area (Å²) in [7, 11) is 0. The van der Waals surface area contributed by atoms with Crippen molar-refractivity contribution in [1.29, 1.82) is 0 Å². The highest BCUT2D eigenvalue weighted by molar-refractivity contribution is 7.99. The quantitative estimate of drug-likeness (QED) is 0.615. The van der Waals surface area contributed by atoms with Crippen molar-refractivity contribution in [2.24, 2.45) is 0 Å². The number of aryl methyl sites for hydroxylation is 1. The molecule has 0 spiro atoms. The Morgan fingerprint density at radius 3 is 2.50 bits per heavy atom. The molecule has 1 amide bonds. The first-order valence-corrected chi connectivity index (χ1v) is 8.34. The topological polar surface area (TPSA) is 38.3 Å². The fourth-order valence-electron chi connectivity index (χ4n) is 1.72. The maximum atomic E-state index is 11.7. The molecular weight excluding hydrogens is 318 g/mol. The van der Waals surface area contributed by atoms with Crippen LogP contribution in [-0.4, -0.2) is 24.8 Å². The Labute approximate surface area is 140 Å². The normalized spacial score (nSPS) is 10.3. The molecule has 22 heavy (non-hydrogen) atoms. The molecule has 0 saturated heterocycles. The summed E-state index contributed by atoms with van der Waals surface area (Å²) in [5, 5.41) is 3.48. The van der Waals surface area contributed by atoms with Crippen LogP contribution in [0.5, 0.6) is 5.75 Å². The molecule has 0 unspecified atom stereocenters. The van der Waals surface area contributed by atoms with Crippen LogP contribution in [-0.2, 0) is 4.79 Å². The van der Waals surface area contributed by atoms with Crippen LogP contribution < -0.4 is 10.1 Å². The van der Waals surface area contributed by atoms with Gasteiger partial charge in [-0.2, -0.15) is 0 Å². The summed E-state index contributed by atoms with van der Waals surface area (Å²) in [6.45, 7) is 2.69. The van der Waals surface area contributed by atoms with Crippen LogP contribution in [0.15, 0.2) is 53.4 Å². The Morgan fingerprint density at radius 2 is 1.82 bits per heavy atom. The molecular formula is C17H18ClNO2S. The van der Waals surface area contributed by atoms with Gasteiger partial charge >= 0.3 is 0 Å². The van der Waals surface area contributed by atoms with Gasteiger partial charge in [0.15, 0.2) is 6.61 Å². The molecule has 2 aromatic rings. The maximum absolute atomic E-state index is 11.7. The van der Waals surface area contributed by atoms with Gasteiger partial charge in [0.25, 0.3) is 5.91 Å². The fraction of sp³-hybridized carbons (Fsp3) is 0.235. The molecule has 0 saturated carbocycles. The average Bonchev–Trinajstić information content (AvgIpc) is 2.53. The Morgan fingerprint density at radius 1 is 1.14 bits per heavy atom. The highest BCUT2D eigenvalue weighted by Crippen LogP contribution is 2.17. The number of hydrogen-bond donors (Lipinski definition) is 1. The predicted octanol–water partition coefficient (Wildman–Crippen LogP) is 3.94. The fourth-order valence-corrected chi connectivity index (χ4v) is 2.62. The third-order valence-corrected chi connectivity index (χ3v) is 4.16. The number of carbonyl (C=O) groups is 1. The number of benzene rings is 2. The van der Waals surface area contributed by atoms with Gasteiger partial charge in [-0.25, -0.2) is 0 Å². The number of hydrogen-bond acceptors (Lipinski definition) is 3. The van der Waals surface area contributed by atoms with Crippen LogP contribution in [0.25, 0.3) is 0 Å². The van der Waals surface area contributed by atoms with Gasteiger partial charge in [0.05, 0.1) is 0 Å². The number of rotatable bonds is 7. The summed E-state index contributed by atoms with van der Waals surface area (Å²) in [5.74, 6) is 1.34. The summed E-state index contributed by atoms with van der Waals surface area (Å²) in [6, 6.07) is 15.3. The van der Waals surface area contributed by atoms with Crippen molar-refractivity contribution in [3.8, 4) is 5.75 Å². The lowest BCUT2D eigenvalue weighted by molar-refractivity contribution is -0.122. The summed E-state index contributed by atoms with van der Waals surface area (Å²) < 4.78 is 5.37. The summed E-state index contributed by atoms with van der Waals surface area (Å²) in [4.78, 5) is 12.9. The predicted molar refractivity (Wildman–Crippen MR) is 91.9 cm³/mol. The van der Waals surface area contributed by atoms with Gasteiger partial charge in [0.1, 0.15) is 5.75 Å². The molecule has 3 nitrogen and oxygen atoms in total. The minimum atomic E-state index is -0.126. The van der Waals surface area contributed by atoms with Gasteiger partial charge in [-0.15, -0.1) is 11.8 Å². The number of amides is 1. The van der Waals surface area contributed by atoms with Crippen molar-refractivity contribution in [1.82, 2.24) is 5.32 Å². The van der Waals surface area contributed by atoms with E-state index < -0.39 is 0 Å². The van der Waals surface area contributed by atoms with E-state index in [2.05, 4.69) is 36.5 Å². The zero-order valence-electron chi connectivity index (χ0n) is 12.3. The number of nitrogens with one attached hydrogen (secondary N) is 1. The molecule has 0 radical (unpaired) electrons. The summed E-state index contributed by atoms with van der Waals surface area (Å²) in [5.41, 5.74) is 1.25. The van der Waals surface area contributed by atoms with Crippen molar-refractivity contribution in [3.63, 3.8) is 0 Å². The third kappa shape index (κ3) is 6.00. The van der Waals surface area contributed by atoms with E-state index in [1.807, 2.05) is 0 Å². The minimum absolute atomic E-state index is 0.0107. The van der Waals surface area contributed by atoms with Crippen LogP contribution in [0.4, 0.5) is 0 Å². The maximum Gasteiger partial charge on any atom is 0.257 e. The number of carbonyl (C=O) groups excluding carboxylic acids is 1. The average molecular weight is 336 g/mol. The van der Waals surface area contributed by atoms with Gasteiger partial charge in [-0.05, 0) is 43.3 Å². The van der Waals surface area contributed by atoms with Crippen molar-refractivity contribution in [2.75, 3.05) is 18.9 Å². The highest BCUT2D eigenvalue weighted by atomic mass is 35.5. The van der Waals surface area contributed by atoms with E-state index in [-0.39, 0.29) is 12.5 Å². The van der Waals surface area contributed by atoms with E-state index in [4.69, 9.17) is 16.3 Å². The summed E-state index contributed by atoms with van der Waals surface area (Å²) >= 11 is 7.50. The van der Waals surface area contributed by atoms with Crippen LogP contribution in [0.2, 0.25) is 5.02 Å². The molecule has 0 aliphatic heterocycles. The Bertz CT molecular complexity index is 599. The third-order valence-electron chi connectivity index (χ3n) is 2.90. The smallest absolute Gasteiger partial charge is 0.257 e. The molecule has 0 atom stereocenters. The lowest BCUT2D eigenvalue weighted by atomic mass is 10.2. The molecule has 1 N–H and O–H groups in total. The zero-order valence-corrected chi connectivity index (χ0v) is 13.9. The molecule has 0 aliphatic rings. The van der Waals surface area contributed by atoms with Crippen molar-refractivity contribution in [3.05, 3.63) is 59.1 Å². The molecule has 116 valence electrons. The minimum Gasteiger partial charge on any atom is -0.484 e. The monoisotopic (exact) mass is 335 g/mol. The lowest BCUT2D eigenvalue weighted by Gasteiger charge is -2.07. The van der Waals surface area contributed by atoms with Crippen LogP contribution in [0, 0.1) is 6.92 Å². The Hall–Kier alpha value is -1.65. The Kier molecular flexibility index (Phi) is 6.62. The second-order valence-electron chi connectivity index (χ2n) is 4.75. The lowest BCUT2D eigenvalue weighted by Crippen LogP contribution is -2.30. The van der Waals surface area contributed by atoms with E-state index in [9.17, 15) is 4.79 Å². The number of thioether (sulfide) groups is 1. The van der Waals surface area contributed by atoms with Gasteiger partial charge in [0.2, 0.25) is 0 Å². The van der Waals surface area contributed by atoms with Crippen LogP contribution in [0.3, 0.4) is 0 Å². The van der Waals surface area contributed by atoms with E-state index >= 15 is 0 Å². The standard InChI is InChI=1S/C17H18ClNO2S/c1-13-2-8-16(9-3-13)22-11-10-19-17(20)12-21-15-6-4-14(18)5-7-15/h2-9H,10-12H2,1H3,(H,19,20). The van der Waals surface area contributed by atoms with E-state index in [0.717, 1.165) is 5.75 Å². The SMILES string of the molecule is Cc1ccc(SCCNC(=O)COc2ccc(Cl)cc2)cc1. The van der Waals surface area contributed by atoms with Gasteiger partial charge < -0.3 is 10.1 Å². The van der Waals surface area contributed by atoms with Gasteiger partial charge in [-0.3, -0.25) is 4.79 Å². The first-order chi connectivity index (χ1) is 10.6. The van der Waals surface area contributed by atoms with Crippen molar-refractivity contribution < 1.29 is 9.53 Å². The van der Waals surface area contributed by atoms with E-state index in [0.29, 0.717) is 17.3 Å². The second kappa shape index (κ2) is 8.71.